The van der Waals surface area contributed by atoms with Crippen LogP contribution in [0.4, 0.5) is 0 Å². The van der Waals surface area contributed by atoms with Crippen molar-refractivity contribution in [2.45, 2.75) is 32.2 Å². The van der Waals surface area contributed by atoms with E-state index < -0.39 is 0 Å². The van der Waals surface area contributed by atoms with Crippen LogP contribution in [0.5, 0.6) is 0 Å². The van der Waals surface area contributed by atoms with Gasteiger partial charge >= 0.3 is 0 Å². The van der Waals surface area contributed by atoms with E-state index in [0.29, 0.717) is 12.0 Å². The first-order valence-electron chi connectivity index (χ1n) is 5.91. The van der Waals surface area contributed by atoms with Gasteiger partial charge in [0.05, 0.1) is 0 Å². The topological polar surface area (TPSA) is 38.0 Å². The first-order valence-corrected chi connectivity index (χ1v) is 6.29. The van der Waals surface area contributed by atoms with Crippen molar-refractivity contribution < 1.29 is 0 Å². The summed E-state index contributed by atoms with van der Waals surface area (Å²) in [7, 11) is 0. The van der Waals surface area contributed by atoms with E-state index in [4.69, 9.17) is 17.4 Å². The van der Waals surface area contributed by atoms with Crippen LogP contribution >= 0.6 is 11.6 Å². The lowest BCUT2D eigenvalue weighted by atomic mass is 9.92. The number of hydrogen-bond acceptors (Lipinski definition) is 2. The number of hydrazine groups is 1. The monoisotopic (exact) mass is 238 g/mol. The van der Waals surface area contributed by atoms with Crippen molar-refractivity contribution in [2.75, 3.05) is 0 Å². The van der Waals surface area contributed by atoms with Crippen LogP contribution in [0.1, 0.15) is 25.3 Å². The summed E-state index contributed by atoms with van der Waals surface area (Å²) in [5.74, 6) is 7.16. The molecular formula is C13H19ClN2. The van der Waals surface area contributed by atoms with Crippen molar-refractivity contribution in [3.05, 3.63) is 34.9 Å². The molecule has 0 bridgehead atoms. The Morgan fingerprint density at radius 2 is 2.00 bits per heavy atom. The zero-order chi connectivity index (χ0) is 11.5. The van der Waals surface area contributed by atoms with Gasteiger partial charge in [-0.05, 0) is 48.8 Å². The fourth-order valence-corrected chi connectivity index (χ4v) is 2.35. The second-order valence-electron chi connectivity index (χ2n) is 4.80. The van der Waals surface area contributed by atoms with Gasteiger partial charge in [-0.3, -0.25) is 11.3 Å². The smallest absolute Gasteiger partial charge is 0.0406 e. The van der Waals surface area contributed by atoms with Crippen LogP contribution in [0.15, 0.2) is 24.3 Å². The van der Waals surface area contributed by atoms with Crippen molar-refractivity contribution in [1.29, 1.82) is 0 Å². The highest BCUT2D eigenvalue weighted by Gasteiger charge is 2.32. The quantitative estimate of drug-likeness (QED) is 0.612. The molecule has 0 spiro atoms. The van der Waals surface area contributed by atoms with Gasteiger partial charge in [-0.1, -0.05) is 30.7 Å². The Labute approximate surface area is 102 Å². The van der Waals surface area contributed by atoms with E-state index in [1.165, 1.54) is 18.4 Å². The number of nitrogens with one attached hydrogen (secondary N) is 1. The average molecular weight is 239 g/mol. The third kappa shape index (κ3) is 2.97. The van der Waals surface area contributed by atoms with Crippen molar-refractivity contribution >= 4 is 11.6 Å². The SMILES string of the molecule is CC(C1CC1)C(Cc1ccc(Cl)cc1)NN. The van der Waals surface area contributed by atoms with E-state index in [2.05, 4.69) is 24.5 Å². The molecule has 2 nitrogen and oxygen atoms in total. The molecule has 2 unspecified atom stereocenters. The first kappa shape index (κ1) is 11.9. The summed E-state index contributed by atoms with van der Waals surface area (Å²) in [6, 6.07) is 8.39. The van der Waals surface area contributed by atoms with Gasteiger partial charge in [0.25, 0.3) is 0 Å². The minimum atomic E-state index is 0.369. The van der Waals surface area contributed by atoms with Crippen LogP contribution in [0.3, 0.4) is 0 Å². The van der Waals surface area contributed by atoms with E-state index in [9.17, 15) is 0 Å². The summed E-state index contributed by atoms with van der Waals surface area (Å²) in [6.07, 6.45) is 3.70. The van der Waals surface area contributed by atoms with Crippen LogP contribution in [0, 0.1) is 11.8 Å². The highest BCUT2D eigenvalue weighted by atomic mass is 35.5. The normalized spacial score (nSPS) is 19.4. The minimum Gasteiger partial charge on any atom is -0.271 e. The molecule has 3 N–H and O–H groups in total. The van der Waals surface area contributed by atoms with Gasteiger partial charge in [0, 0.05) is 11.1 Å². The highest BCUT2D eigenvalue weighted by molar-refractivity contribution is 6.30. The molecule has 2 atom stereocenters. The van der Waals surface area contributed by atoms with E-state index in [0.717, 1.165) is 17.4 Å². The van der Waals surface area contributed by atoms with Crippen molar-refractivity contribution in [3.63, 3.8) is 0 Å². The van der Waals surface area contributed by atoms with Crippen molar-refractivity contribution in [2.24, 2.45) is 17.7 Å². The molecule has 16 heavy (non-hydrogen) atoms. The van der Waals surface area contributed by atoms with E-state index in [1.807, 2.05) is 12.1 Å². The van der Waals surface area contributed by atoms with Crippen molar-refractivity contribution in [3.8, 4) is 0 Å². The molecule has 0 aromatic heterocycles. The lowest BCUT2D eigenvalue weighted by Crippen LogP contribution is -2.42. The molecule has 0 amide bonds. The highest BCUT2D eigenvalue weighted by Crippen LogP contribution is 2.38. The summed E-state index contributed by atoms with van der Waals surface area (Å²) in [5.41, 5.74) is 4.24. The Bertz CT molecular complexity index is 332. The fourth-order valence-electron chi connectivity index (χ4n) is 2.22. The summed E-state index contributed by atoms with van der Waals surface area (Å²) in [5, 5.41) is 0.788. The van der Waals surface area contributed by atoms with Gasteiger partial charge in [-0.15, -0.1) is 0 Å². The fraction of sp³-hybridized carbons (Fsp3) is 0.538. The molecule has 0 saturated heterocycles. The zero-order valence-corrected chi connectivity index (χ0v) is 10.4. The number of hydrogen-bond donors (Lipinski definition) is 2. The third-order valence-electron chi connectivity index (χ3n) is 3.58. The number of rotatable bonds is 5. The second-order valence-corrected chi connectivity index (χ2v) is 5.24. The summed E-state index contributed by atoms with van der Waals surface area (Å²) >= 11 is 5.86. The van der Waals surface area contributed by atoms with Crippen LogP contribution < -0.4 is 11.3 Å². The molecule has 1 fully saturated rings. The number of halogens is 1. The maximum Gasteiger partial charge on any atom is 0.0406 e. The molecular weight excluding hydrogens is 220 g/mol. The lowest BCUT2D eigenvalue weighted by Gasteiger charge is -2.23. The molecule has 1 aliphatic rings. The number of nitrogens with two attached hydrogens (primary N) is 1. The Morgan fingerprint density at radius 3 is 2.50 bits per heavy atom. The first-order chi connectivity index (χ1) is 7.70. The van der Waals surface area contributed by atoms with Crippen LogP contribution in [0.25, 0.3) is 0 Å². The lowest BCUT2D eigenvalue weighted by molar-refractivity contribution is 0.343. The molecule has 1 aliphatic carbocycles. The van der Waals surface area contributed by atoms with Gasteiger partial charge in [-0.25, -0.2) is 0 Å². The summed E-state index contributed by atoms with van der Waals surface area (Å²) in [4.78, 5) is 0. The minimum absolute atomic E-state index is 0.369. The largest absolute Gasteiger partial charge is 0.271 e. The standard InChI is InChI=1S/C13H19ClN2/c1-9(11-4-5-11)13(16-15)8-10-2-6-12(14)7-3-10/h2-3,6-7,9,11,13,16H,4-5,8,15H2,1H3. The average Bonchev–Trinajstić information content (AvgIpc) is 3.11. The van der Waals surface area contributed by atoms with Gasteiger partial charge in [0.2, 0.25) is 0 Å². The van der Waals surface area contributed by atoms with E-state index in [1.54, 1.807) is 0 Å². The van der Waals surface area contributed by atoms with Crippen LogP contribution in [0.2, 0.25) is 5.02 Å². The van der Waals surface area contributed by atoms with Gasteiger partial charge in [0.15, 0.2) is 0 Å². The molecule has 1 aromatic rings. The molecule has 0 radical (unpaired) electrons. The molecule has 3 heteroatoms. The molecule has 1 aromatic carbocycles. The van der Waals surface area contributed by atoms with Gasteiger partial charge < -0.3 is 0 Å². The maximum absolute atomic E-state index is 5.86. The van der Waals surface area contributed by atoms with Crippen LogP contribution in [-0.2, 0) is 6.42 Å². The molecule has 0 aliphatic heterocycles. The summed E-state index contributed by atoms with van der Waals surface area (Å²) < 4.78 is 0. The molecule has 2 rings (SSSR count). The molecule has 0 heterocycles. The predicted octanol–water partition coefficient (Wildman–Crippen LogP) is 2.76. The zero-order valence-electron chi connectivity index (χ0n) is 9.62. The van der Waals surface area contributed by atoms with Gasteiger partial charge in [-0.2, -0.15) is 0 Å². The van der Waals surface area contributed by atoms with Crippen LogP contribution in [-0.4, -0.2) is 6.04 Å². The Balaban J connectivity index is 1.97. The molecule has 1 saturated carbocycles. The Hall–Kier alpha value is -0.570. The van der Waals surface area contributed by atoms with E-state index >= 15 is 0 Å². The number of benzene rings is 1. The predicted molar refractivity (Wildman–Crippen MR) is 68.2 cm³/mol. The van der Waals surface area contributed by atoms with E-state index in [-0.39, 0.29) is 0 Å². The Morgan fingerprint density at radius 1 is 1.38 bits per heavy atom. The summed E-state index contributed by atoms with van der Waals surface area (Å²) in [6.45, 7) is 2.29. The van der Waals surface area contributed by atoms with Gasteiger partial charge in [0.1, 0.15) is 0 Å². The Kier molecular flexibility index (Phi) is 3.85. The molecule has 88 valence electrons. The third-order valence-corrected chi connectivity index (χ3v) is 3.84. The second kappa shape index (κ2) is 5.17. The van der Waals surface area contributed by atoms with Crippen molar-refractivity contribution in [1.82, 2.24) is 5.43 Å². The maximum atomic E-state index is 5.86.